The van der Waals surface area contributed by atoms with E-state index in [-0.39, 0.29) is 18.4 Å². The molecule has 0 aliphatic carbocycles. The minimum Gasteiger partial charge on any atom is -0.484 e. The molecule has 0 saturated carbocycles. The first-order valence-corrected chi connectivity index (χ1v) is 7.57. The highest BCUT2D eigenvalue weighted by molar-refractivity contribution is 6.06. The summed E-state index contributed by atoms with van der Waals surface area (Å²) < 4.78 is 11.1. The molecule has 0 saturated heterocycles. The van der Waals surface area contributed by atoms with Crippen LogP contribution in [0.2, 0.25) is 0 Å². The fourth-order valence-electron chi connectivity index (χ4n) is 2.29. The monoisotopic (exact) mass is 326 g/mol. The molecular formula is C18H18N2O4. The Kier molecular flexibility index (Phi) is 4.12. The van der Waals surface area contributed by atoms with Crippen LogP contribution >= 0.6 is 0 Å². The molecule has 1 aliphatic heterocycles. The van der Waals surface area contributed by atoms with Crippen LogP contribution in [0.3, 0.4) is 0 Å². The van der Waals surface area contributed by atoms with E-state index in [1.165, 1.54) is 0 Å². The number of anilines is 2. The molecule has 0 fully saturated rings. The minimum absolute atomic E-state index is 0.131. The summed E-state index contributed by atoms with van der Waals surface area (Å²) in [5.41, 5.74) is -0.0283. The van der Waals surface area contributed by atoms with Crippen LogP contribution in [0.1, 0.15) is 13.8 Å². The van der Waals surface area contributed by atoms with E-state index >= 15 is 0 Å². The van der Waals surface area contributed by atoms with E-state index in [2.05, 4.69) is 10.6 Å². The van der Waals surface area contributed by atoms with Crippen LogP contribution in [0.4, 0.5) is 11.4 Å². The zero-order valence-electron chi connectivity index (χ0n) is 13.5. The van der Waals surface area contributed by atoms with Gasteiger partial charge in [-0.05, 0) is 38.1 Å². The number of ether oxygens (including phenoxy) is 2. The lowest BCUT2D eigenvalue weighted by molar-refractivity contribution is -0.129. The van der Waals surface area contributed by atoms with Crippen molar-refractivity contribution in [3.05, 3.63) is 48.5 Å². The van der Waals surface area contributed by atoms with Gasteiger partial charge in [0.25, 0.3) is 11.8 Å². The number of nitrogens with one attached hydrogen (secondary N) is 2. The number of rotatable bonds is 4. The van der Waals surface area contributed by atoms with Crippen LogP contribution in [0.25, 0.3) is 0 Å². The normalized spacial score (nSPS) is 14.8. The Labute approximate surface area is 139 Å². The summed E-state index contributed by atoms with van der Waals surface area (Å²) in [6.45, 7) is 3.24. The Morgan fingerprint density at radius 2 is 1.92 bits per heavy atom. The summed E-state index contributed by atoms with van der Waals surface area (Å²) in [7, 11) is 0. The number of amides is 2. The molecule has 1 aliphatic rings. The maximum absolute atomic E-state index is 12.1. The zero-order valence-corrected chi connectivity index (χ0v) is 13.5. The molecule has 1 heterocycles. The molecule has 24 heavy (non-hydrogen) atoms. The van der Waals surface area contributed by atoms with Gasteiger partial charge < -0.3 is 20.1 Å². The van der Waals surface area contributed by atoms with E-state index in [1.807, 2.05) is 18.2 Å². The zero-order chi connectivity index (χ0) is 17.2. The van der Waals surface area contributed by atoms with Gasteiger partial charge in [-0.25, -0.2) is 0 Å². The van der Waals surface area contributed by atoms with Crippen molar-refractivity contribution in [2.24, 2.45) is 0 Å². The van der Waals surface area contributed by atoms with Gasteiger partial charge in [0.1, 0.15) is 17.2 Å². The summed E-state index contributed by atoms with van der Waals surface area (Å²) in [4.78, 5) is 24.1. The highest BCUT2D eigenvalue weighted by atomic mass is 16.5. The lowest BCUT2D eigenvalue weighted by Crippen LogP contribution is -2.45. The van der Waals surface area contributed by atoms with Gasteiger partial charge in [0, 0.05) is 0 Å². The molecular weight excluding hydrogens is 308 g/mol. The smallest absolute Gasteiger partial charge is 0.268 e. The summed E-state index contributed by atoms with van der Waals surface area (Å²) >= 11 is 0. The average Bonchev–Trinajstić information content (AvgIpc) is 2.55. The molecule has 2 amide bonds. The van der Waals surface area contributed by atoms with Crippen LogP contribution in [0, 0.1) is 0 Å². The van der Waals surface area contributed by atoms with Crippen LogP contribution < -0.4 is 20.1 Å². The average molecular weight is 326 g/mol. The van der Waals surface area contributed by atoms with Gasteiger partial charge in [0.05, 0.1) is 5.69 Å². The molecule has 2 aromatic rings. The van der Waals surface area contributed by atoms with Gasteiger partial charge >= 0.3 is 0 Å². The van der Waals surface area contributed by atoms with Crippen molar-refractivity contribution in [3.63, 3.8) is 0 Å². The van der Waals surface area contributed by atoms with Crippen molar-refractivity contribution in [2.45, 2.75) is 19.4 Å². The van der Waals surface area contributed by atoms with Crippen LogP contribution in [0.5, 0.6) is 11.5 Å². The second-order valence-corrected chi connectivity index (χ2v) is 5.90. The molecule has 2 N–H and O–H groups in total. The Bertz CT molecular complexity index is 772. The van der Waals surface area contributed by atoms with Crippen LogP contribution in [0.15, 0.2) is 48.5 Å². The molecule has 0 radical (unpaired) electrons. The number of carbonyl (C=O) groups is 2. The number of fused-ring (bicyclic) bond motifs is 1. The number of benzene rings is 2. The number of para-hydroxylation sites is 2. The van der Waals surface area contributed by atoms with Crippen molar-refractivity contribution in [1.29, 1.82) is 0 Å². The van der Waals surface area contributed by atoms with E-state index in [0.29, 0.717) is 22.9 Å². The molecule has 3 rings (SSSR count). The van der Waals surface area contributed by atoms with Gasteiger partial charge in [0.2, 0.25) is 0 Å². The molecule has 0 bridgehead atoms. The third-order valence-electron chi connectivity index (χ3n) is 3.56. The summed E-state index contributed by atoms with van der Waals surface area (Å²) in [6.07, 6.45) is 0. The van der Waals surface area contributed by atoms with E-state index in [0.717, 1.165) is 0 Å². The standard InChI is InChI=1S/C18H18N2O4/c1-18(2)17(22)20-16-13(9-6-10-14(16)24-18)19-15(21)11-23-12-7-4-3-5-8-12/h3-10H,11H2,1-2H3,(H,19,21)(H,20,22). The second kappa shape index (κ2) is 6.23. The predicted molar refractivity (Wildman–Crippen MR) is 90.3 cm³/mol. The lowest BCUT2D eigenvalue weighted by Gasteiger charge is -2.32. The number of carbonyl (C=O) groups excluding carboxylic acids is 2. The molecule has 0 unspecified atom stereocenters. The molecule has 0 atom stereocenters. The van der Waals surface area contributed by atoms with Gasteiger partial charge in [0.15, 0.2) is 12.2 Å². The van der Waals surface area contributed by atoms with Gasteiger partial charge in [-0.1, -0.05) is 24.3 Å². The molecule has 0 spiro atoms. The Balaban J connectivity index is 1.70. The second-order valence-electron chi connectivity index (χ2n) is 5.90. The third kappa shape index (κ3) is 3.32. The first-order chi connectivity index (χ1) is 11.5. The quantitative estimate of drug-likeness (QED) is 0.906. The molecule has 6 heteroatoms. The largest absolute Gasteiger partial charge is 0.484 e. The highest BCUT2D eigenvalue weighted by Crippen LogP contribution is 2.38. The maximum Gasteiger partial charge on any atom is 0.268 e. The van der Waals surface area contributed by atoms with E-state index < -0.39 is 5.60 Å². The third-order valence-corrected chi connectivity index (χ3v) is 3.56. The van der Waals surface area contributed by atoms with Crippen molar-refractivity contribution >= 4 is 23.2 Å². The topological polar surface area (TPSA) is 76.7 Å². The molecule has 2 aromatic carbocycles. The van der Waals surface area contributed by atoms with E-state index in [4.69, 9.17) is 9.47 Å². The fourth-order valence-corrected chi connectivity index (χ4v) is 2.29. The first-order valence-electron chi connectivity index (χ1n) is 7.57. The SMILES string of the molecule is CC1(C)Oc2cccc(NC(=O)COc3ccccc3)c2NC1=O. The number of hydrogen-bond donors (Lipinski definition) is 2. The van der Waals surface area contributed by atoms with Crippen LogP contribution in [-0.2, 0) is 9.59 Å². The summed E-state index contributed by atoms with van der Waals surface area (Å²) in [5.74, 6) is 0.533. The lowest BCUT2D eigenvalue weighted by atomic mass is 10.1. The predicted octanol–water partition coefficient (Wildman–Crippen LogP) is 2.81. The number of hydrogen-bond acceptors (Lipinski definition) is 4. The van der Waals surface area contributed by atoms with Gasteiger partial charge in [-0.2, -0.15) is 0 Å². The first kappa shape index (κ1) is 15.9. The molecule has 0 aromatic heterocycles. The molecule has 124 valence electrons. The van der Waals surface area contributed by atoms with Gasteiger partial charge in [-0.15, -0.1) is 0 Å². The highest BCUT2D eigenvalue weighted by Gasteiger charge is 2.36. The van der Waals surface area contributed by atoms with Crippen molar-refractivity contribution in [3.8, 4) is 11.5 Å². The molecule has 6 nitrogen and oxygen atoms in total. The maximum atomic E-state index is 12.1. The Morgan fingerprint density at radius 1 is 1.17 bits per heavy atom. The van der Waals surface area contributed by atoms with Crippen LogP contribution in [-0.4, -0.2) is 24.0 Å². The van der Waals surface area contributed by atoms with E-state index in [1.54, 1.807) is 44.2 Å². The fraction of sp³-hybridized carbons (Fsp3) is 0.222. The van der Waals surface area contributed by atoms with Crippen molar-refractivity contribution in [1.82, 2.24) is 0 Å². The Hall–Kier alpha value is -3.02. The van der Waals surface area contributed by atoms with Crippen molar-refractivity contribution < 1.29 is 19.1 Å². The summed E-state index contributed by atoms with van der Waals surface area (Å²) in [5, 5.41) is 5.51. The summed E-state index contributed by atoms with van der Waals surface area (Å²) in [6, 6.07) is 14.3. The van der Waals surface area contributed by atoms with Crippen molar-refractivity contribution in [2.75, 3.05) is 17.2 Å². The Morgan fingerprint density at radius 3 is 2.67 bits per heavy atom. The van der Waals surface area contributed by atoms with E-state index in [9.17, 15) is 9.59 Å². The van der Waals surface area contributed by atoms with Gasteiger partial charge in [-0.3, -0.25) is 9.59 Å². The minimum atomic E-state index is -0.952.